The van der Waals surface area contributed by atoms with Crippen LogP contribution in [-0.4, -0.2) is 18.1 Å². The molecular weight excluding hydrogens is 428 g/mol. The maximum atomic E-state index is 6.09. The van der Waals surface area contributed by atoms with Gasteiger partial charge in [0.15, 0.2) is 0 Å². The van der Waals surface area contributed by atoms with E-state index < -0.39 is 0 Å². The third-order valence-corrected chi connectivity index (χ3v) is 4.51. The lowest BCUT2D eigenvalue weighted by molar-refractivity contribution is 0.331. The molecule has 0 bridgehead atoms. The van der Waals surface area contributed by atoms with E-state index in [1.165, 1.54) is 0 Å². The Hall–Kier alpha value is -1.43. The lowest BCUT2D eigenvalue weighted by Crippen LogP contribution is -2.11. The van der Waals surface area contributed by atoms with Crippen molar-refractivity contribution in [3.8, 4) is 5.75 Å². The van der Waals surface area contributed by atoms with E-state index in [-0.39, 0.29) is 24.8 Å². The summed E-state index contributed by atoms with van der Waals surface area (Å²) in [7, 11) is 0. The summed E-state index contributed by atoms with van der Waals surface area (Å²) in [6.07, 6.45) is 0. The summed E-state index contributed by atoms with van der Waals surface area (Å²) >= 11 is 12.1. The van der Waals surface area contributed by atoms with Crippen molar-refractivity contribution in [2.75, 3.05) is 18.5 Å². The molecule has 0 aliphatic heterocycles. The second-order valence-electron chi connectivity index (χ2n) is 5.70. The number of fused-ring (bicyclic) bond motifs is 1. The number of rotatable bonds is 6. The van der Waals surface area contributed by atoms with Gasteiger partial charge in [0.25, 0.3) is 0 Å². The minimum absolute atomic E-state index is 0. The van der Waals surface area contributed by atoms with Gasteiger partial charge in [0.2, 0.25) is 0 Å². The number of nitrogens with zero attached hydrogens (tertiary/aromatic N) is 1. The van der Waals surface area contributed by atoms with Crippen LogP contribution in [0.1, 0.15) is 11.3 Å². The summed E-state index contributed by atoms with van der Waals surface area (Å²) in [4.78, 5) is 4.63. The largest absolute Gasteiger partial charge is 0.490 e. The first kappa shape index (κ1) is 23.6. The van der Waals surface area contributed by atoms with Gasteiger partial charge < -0.3 is 15.8 Å². The molecule has 0 amide bonds. The average Bonchev–Trinajstić information content (AvgIpc) is 2.60. The molecule has 4 nitrogen and oxygen atoms in total. The number of ether oxygens (including phenoxy) is 1. The normalized spacial score (nSPS) is 10.1. The molecule has 3 N–H and O–H groups in total. The molecule has 0 fully saturated rings. The molecular formula is C19H21Cl4N3O. The van der Waals surface area contributed by atoms with Gasteiger partial charge in [0, 0.05) is 29.9 Å². The zero-order valence-electron chi connectivity index (χ0n) is 14.7. The Morgan fingerprint density at radius 1 is 1.07 bits per heavy atom. The Kier molecular flexibility index (Phi) is 9.43. The fraction of sp³-hybridized carbons (Fsp3) is 0.211. The van der Waals surface area contributed by atoms with Crippen molar-refractivity contribution in [3.05, 3.63) is 63.8 Å². The van der Waals surface area contributed by atoms with E-state index in [0.29, 0.717) is 29.7 Å². The van der Waals surface area contributed by atoms with E-state index in [9.17, 15) is 0 Å². The number of aromatic nitrogens is 1. The molecule has 0 atom stereocenters. The van der Waals surface area contributed by atoms with E-state index in [1.807, 2.05) is 43.3 Å². The molecule has 0 aliphatic rings. The highest BCUT2D eigenvalue weighted by atomic mass is 35.5. The number of para-hydroxylation sites is 1. The zero-order valence-corrected chi connectivity index (χ0v) is 17.8. The summed E-state index contributed by atoms with van der Waals surface area (Å²) in [6.45, 7) is 3.51. The first-order chi connectivity index (χ1) is 12.1. The quantitative estimate of drug-likeness (QED) is 0.511. The van der Waals surface area contributed by atoms with Crippen LogP contribution in [0.15, 0.2) is 42.5 Å². The number of anilines is 1. The van der Waals surface area contributed by atoms with Gasteiger partial charge in [-0.3, -0.25) is 0 Å². The van der Waals surface area contributed by atoms with E-state index in [1.54, 1.807) is 6.07 Å². The summed E-state index contributed by atoms with van der Waals surface area (Å²) in [6, 6.07) is 13.5. The van der Waals surface area contributed by atoms with Crippen LogP contribution in [0, 0.1) is 6.92 Å². The van der Waals surface area contributed by atoms with Gasteiger partial charge in [-0.1, -0.05) is 41.4 Å². The highest BCUT2D eigenvalue weighted by Gasteiger charge is 2.09. The van der Waals surface area contributed by atoms with Crippen LogP contribution in [0.25, 0.3) is 10.9 Å². The van der Waals surface area contributed by atoms with E-state index in [4.69, 9.17) is 33.7 Å². The minimum atomic E-state index is 0. The van der Waals surface area contributed by atoms with E-state index in [2.05, 4.69) is 10.3 Å². The lowest BCUT2D eigenvalue weighted by atomic mass is 10.1. The number of pyridine rings is 1. The Morgan fingerprint density at radius 2 is 1.85 bits per heavy atom. The van der Waals surface area contributed by atoms with Gasteiger partial charge in [-0.15, -0.1) is 24.8 Å². The third-order valence-electron chi connectivity index (χ3n) is 3.77. The fourth-order valence-electron chi connectivity index (χ4n) is 2.63. The Labute approximate surface area is 181 Å². The van der Waals surface area contributed by atoms with Gasteiger partial charge in [-0.05, 0) is 36.8 Å². The molecule has 27 heavy (non-hydrogen) atoms. The number of benzene rings is 2. The van der Waals surface area contributed by atoms with Crippen LogP contribution in [0.5, 0.6) is 5.75 Å². The number of nitrogens with two attached hydrogens (primary N) is 1. The van der Waals surface area contributed by atoms with E-state index in [0.717, 1.165) is 33.6 Å². The average molecular weight is 449 g/mol. The molecule has 146 valence electrons. The van der Waals surface area contributed by atoms with Gasteiger partial charge in [-0.25, -0.2) is 4.98 Å². The third kappa shape index (κ3) is 5.77. The summed E-state index contributed by atoms with van der Waals surface area (Å²) in [5.41, 5.74) is 9.31. The molecule has 3 aromatic rings. The van der Waals surface area contributed by atoms with Crippen molar-refractivity contribution >= 4 is 64.6 Å². The van der Waals surface area contributed by atoms with Gasteiger partial charge in [0.05, 0.1) is 10.0 Å². The lowest BCUT2D eigenvalue weighted by Gasteiger charge is -2.14. The van der Waals surface area contributed by atoms with Crippen LogP contribution in [0.3, 0.4) is 0 Å². The number of hydrogen-bond acceptors (Lipinski definition) is 4. The topological polar surface area (TPSA) is 60.2 Å². The molecule has 8 heteroatoms. The fourth-order valence-corrected chi connectivity index (χ4v) is 2.95. The zero-order chi connectivity index (χ0) is 17.8. The maximum Gasteiger partial charge on any atom is 0.145 e. The van der Waals surface area contributed by atoms with Crippen molar-refractivity contribution in [3.63, 3.8) is 0 Å². The molecule has 0 aliphatic carbocycles. The second-order valence-corrected chi connectivity index (χ2v) is 6.52. The standard InChI is InChI=1S/C19H19Cl2N3O.2ClH/c1-12-9-17(23-11-13-5-6-15(20)16(21)10-13)14-3-2-4-18(19(14)24-12)25-8-7-22;;/h2-6,9-10H,7-8,11,22H2,1H3,(H,23,24);2*1H. The highest BCUT2D eigenvalue weighted by molar-refractivity contribution is 6.42. The molecule has 1 aromatic heterocycles. The van der Waals surface area contributed by atoms with Crippen molar-refractivity contribution in [2.24, 2.45) is 5.73 Å². The summed E-state index contributed by atoms with van der Waals surface area (Å²) in [5.74, 6) is 0.740. The summed E-state index contributed by atoms with van der Waals surface area (Å²) < 4.78 is 5.72. The highest BCUT2D eigenvalue weighted by Crippen LogP contribution is 2.31. The second kappa shape index (κ2) is 10.8. The van der Waals surface area contributed by atoms with Crippen LogP contribution in [0.2, 0.25) is 10.0 Å². The van der Waals surface area contributed by atoms with Crippen molar-refractivity contribution in [2.45, 2.75) is 13.5 Å². The molecule has 2 aromatic carbocycles. The number of halogens is 4. The Morgan fingerprint density at radius 3 is 2.56 bits per heavy atom. The predicted octanol–water partition coefficient (Wildman–Crippen LogP) is 5.64. The van der Waals surface area contributed by atoms with Crippen LogP contribution < -0.4 is 15.8 Å². The number of hydrogen-bond donors (Lipinski definition) is 2. The van der Waals surface area contributed by atoms with Crippen LogP contribution >= 0.6 is 48.0 Å². The van der Waals surface area contributed by atoms with Crippen molar-refractivity contribution in [1.29, 1.82) is 0 Å². The Balaban J connectivity index is 0.00000182. The van der Waals surface area contributed by atoms with Crippen molar-refractivity contribution < 1.29 is 4.74 Å². The molecule has 0 radical (unpaired) electrons. The molecule has 3 rings (SSSR count). The monoisotopic (exact) mass is 447 g/mol. The van der Waals surface area contributed by atoms with Crippen LogP contribution in [-0.2, 0) is 6.54 Å². The molecule has 0 unspecified atom stereocenters. The SMILES string of the molecule is Cc1cc(NCc2ccc(Cl)c(Cl)c2)c2cccc(OCCN)c2n1.Cl.Cl. The van der Waals surface area contributed by atoms with Crippen molar-refractivity contribution in [1.82, 2.24) is 4.98 Å². The van der Waals surface area contributed by atoms with Gasteiger partial charge >= 0.3 is 0 Å². The molecule has 0 saturated heterocycles. The molecule has 1 heterocycles. The number of aryl methyl sites for hydroxylation is 1. The predicted molar refractivity (Wildman–Crippen MR) is 119 cm³/mol. The first-order valence-corrected chi connectivity index (χ1v) is 8.75. The van der Waals surface area contributed by atoms with E-state index >= 15 is 0 Å². The van der Waals surface area contributed by atoms with Gasteiger partial charge in [-0.2, -0.15) is 0 Å². The summed E-state index contributed by atoms with van der Waals surface area (Å²) in [5, 5.41) is 5.56. The maximum absolute atomic E-state index is 6.09. The Bertz CT molecular complexity index is 906. The molecule has 0 spiro atoms. The minimum Gasteiger partial charge on any atom is -0.490 e. The smallest absolute Gasteiger partial charge is 0.145 e. The molecule has 0 saturated carbocycles. The first-order valence-electron chi connectivity index (χ1n) is 7.99. The van der Waals surface area contributed by atoms with Crippen LogP contribution in [0.4, 0.5) is 5.69 Å². The van der Waals surface area contributed by atoms with Gasteiger partial charge in [0.1, 0.15) is 17.9 Å². The number of nitrogens with one attached hydrogen (secondary N) is 1.